The zero-order valence-electron chi connectivity index (χ0n) is 16.7. The first-order valence-corrected chi connectivity index (χ1v) is 10.1. The fourth-order valence-corrected chi connectivity index (χ4v) is 2.36. The highest BCUT2D eigenvalue weighted by Crippen LogP contribution is 2.36. The Hall–Kier alpha value is -1.29. The van der Waals surface area contributed by atoms with Crippen LogP contribution < -0.4 is 9.47 Å². The molecule has 0 saturated heterocycles. The maximum absolute atomic E-state index is 6.18. The lowest BCUT2D eigenvalue weighted by Crippen LogP contribution is -2.17. The lowest BCUT2D eigenvalue weighted by molar-refractivity contribution is -0.000437. The summed E-state index contributed by atoms with van der Waals surface area (Å²) in [6.07, 6.45) is 1.50. The molecule has 0 heterocycles. The van der Waals surface area contributed by atoms with Gasteiger partial charge in [0.25, 0.3) is 0 Å². The van der Waals surface area contributed by atoms with E-state index >= 15 is 0 Å². The molecule has 0 amide bonds. The predicted molar refractivity (Wildman–Crippen MR) is 120 cm³/mol. The maximum Gasteiger partial charge on any atom is 0.158 e. The fourth-order valence-electron chi connectivity index (χ4n) is 1.66. The normalized spacial score (nSPS) is 11.4. The van der Waals surface area contributed by atoms with E-state index in [1.807, 2.05) is 27.7 Å². The summed E-state index contributed by atoms with van der Waals surface area (Å²) in [5.74, 6) is 6.45. The van der Waals surface area contributed by atoms with Crippen LogP contribution in [0.4, 0.5) is 0 Å². The van der Waals surface area contributed by atoms with Gasteiger partial charge in [0.15, 0.2) is 5.75 Å². The first-order chi connectivity index (χ1) is 13.6. The van der Waals surface area contributed by atoms with Crippen LogP contribution in [0.25, 0.3) is 0 Å². The van der Waals surface area contributed by atoms with E-state index in [2.05, 4.69) is 17.0 Å². The zero-order valence-corrected chi connectivity index (χ0v) is 19.7. The van der Waals surface area contributed by atoms with Crippen molar-refractivity contribution in [2.45, 2.75) is 33.3 Å². The maximum atomic E-state index is 6.18. The van der Waals surface area contributed by atoms with Crippen molar-refractivity contribution in [1.29, 1.82) is 0 Å². The molecule has 0 N–H and O–H groups in total. The lowest BCUT2D eigenvalue weighted by atomic mass is 10.2. The minimum atomic E-state index is -0.333. The molecule has 1 aromatic rings. The van der Waals surface area contributed by atoms with Gasteiger partial charge in [0, 0.05) is 12.1 Å². The van der Waals surface area contributed by atoms with E-state index < -0.39 is 0 Å². The van der Waals surface area contributed by atoms with E-state index in [0.717, 1.165) is 5.71 Å². The number of hydrogen-bond donors (Lipinski definition) is 0. The molecule has 5 nitrogen and oxygen atoms in total. The third kappa shape index (κ3) is 12.1. The van der Waals surface area contributed by atoms with E-state index in [0.29, 0.717) is 28.2 Å². The Bertz CT molecular complexity index is 765. The Balaban J connectivity index is 2.42. The smallest absolute Gasteiger partial charge is 0.158 e. The number of benzene rings is 1. The third-order valence-electron chi connectivity index (χ3n) is 2.83. The van der Waals surface area contributed by atoms with Gasteiger partial charge in [-0.1, -0.05) is 63.4 Å². The Morgan fingerprint density at radius 3 is 2.28 bits per heavy atom. The molecule has 0 aliphatic rings. The molecule has 0 spiro atoms. The summed E-state index contributed by atoms with van der Waals surface area (Å²) in [5, 5.41) is 4.59. The van der Waals surface area contributed by atoms with Crippen LogP contribution in [0.5, 0.6) is 11.5 Å². The predicted octanol–water partition coefficient (Wildman–Crippen LogP) is 6.28. The highest BCUT2D eigenvalue weighted by molar-refractivity contribution is 6.55. The summed E-state index contributed by atoms with van der Waals surface area (Å²) in [7, 11) is 0. The molecule has 0 unspecified atom stereocenters. The Morgan fingerprint density at radius 1 is 1.07 bits per heavy atom. The monoisotopic (exact) mass is 481 g/mol. The fraction of sp³-hybridized carbons (Fsp3) is 0.450. The highest BCUT2D eigenvalue weighted by Gasteiger charge is 2.11. The molecule has 0 radical (unpaired) electrons. The second-order valence-corrected chi connectivity index (χ2v) is 8.51. The van der Waals surface area contributed by atoms with Gasteiger partial charge < -0.3 is 19.0 Å². The molecule has 9 heteroatoms. The summed E-state index contributed by atoms with van der Waals surface area (Å²) >= 11 is 23.4. The molecular weight excluding hydrogens is 460 g/mol. The summed E-state index contributed by atoms with van der Waals surface area (Å²) in [4.78, 5) is 5.30. The molecule has 0 aliphatic heterocycles. The van der Waals surface area contributed by atoms with Crippen molar-refractivity contribution in [3.63, 3.8) is 0 Å². The van der Waals surface area contributed by atoms with E-state index in [1.165, 1.54) is 6.08 Å². The number of halogens is 4. The number of nitrogens with zero attached hydrogens (tertiary/aromatic N) is 1. The second kappa shape index (κ2) is 13.1. The average molecular weight is 483 g/mol. The Labute approximate surface area is 191 Å². The van der Waals surface area contributed by atoms with Crippen molar-refractivity contribution >= 4 is 52.1 Å². The largest absolute Gasteiger partial charge is 0.489 e. The van der Waals surface area contributed by atoms with Crippen LogP contribution in [0.1, 0.15) is 27.7 Å². The van der Waals surface area contributed by atoms with Gasteiger partial charge in [-0.25, -0.2) is 0 Å². The highest BCUT2D eigenvalue weighted by atomic mass is 35.5. The molecule has 0 aromatic heterocycles. The van der Waals surface area contributed by atoms with Crippen molar-refractivity contribution in [2.75, 3.05) is 26.4 Å². The van der Waals surface area contributed by atoms with Gasteiger partial charge in [-0.15, -0.1) is 0 Å². The van der Waals surface area contributed by atoms with Crippen molar-refractivity contribution in [3.05, 3.63) is 32.7 Å². The number of ether oxygens (including phenoxy) is 3. The average Bonchev–Trinajstić information content (AvgIpc) is 2.60. The van der Waals surface area contributed by atoms with Crippen LogP contribution in [-0.2, 0) is 9.57 Å². The van der Waals surface area contributed by atoms with Gasteiger partial charge in [-0.05, 0) is 33.8 Å². The van der Waals surface area contributed by atoms with E-state index in [1.54, 1.807) is 12.1 Å². The molecule has 0 atom stereocenters. The minimum absolute atomic E-state index is 0.105. The standard InChI is InChI=1S/C20H23Cl4NO4/c1-14(25-29-20(2,3)4)13-26-8-5-6-9-28-19-16(21)11-15(12-17(19)22)27-10-7-18(23)24/h7,11-12H,8-10,13H2,1-4H3. The van der Waals surface area contributed by atoms with Crippen molar-refractivity contribution in [3.8, 4) is 23.3 Å². The number of hydrogen-bond acceptors (Lipinski definition) is 5. The summed E-state index contributed by atoms with van der Waals surface area (Å²) in [5.41, 5.74) is 0.392. The first-order valence-electron chi connectivity index (χ1n) is 8.59. The molecule has 0 fully saturated rings. The first kappa shape index (κ1) is 25.7. The molecule has 0 saturated carbocycles. The molecular formula is C20H23Cl4NO4. The van der Waals surface area contributed by atoms with Crippen LogP contribution in [0.3, 0.4) is 0 Å². The molecule has 160 valence electrons. The summed E-state index contributed by atoms with van der Waals surface area (Å²) in [6.45, 7) is 8.44. The van der Waals surface area contributed by atoms with Crippen molar-refractivity contribution < 1.29 is 19.0 Å². The zero-order chi connectivity index (χ0) is 21.9. The van der Waals surface area contributed by atoms with Crippen LogP contribution in [-0.4, -0.2) is 37.7 Å². The van der Waals surface area contributed by atoms with Crippen molar-refractivity contribution in [1.82, 2.24) is 0 Å². The van der Waals surface area contributed by atoms with Crippen LogP contribution in [0.15, 0.2) is 27.9 Å². The molecule has 0 aliphatic carbocycles. The third-order valence-corrected chi connectivity index (χ3v) is 3.70. The summed E-state index contributed by atoms with van der Waals surface area (Å²) in [6, 6.07) is 3.16. The van der Waals surface area contributed by atoms with Gasteiger partial charge in [0.05, 0.1) is 22.4 Å². The van der Waals surface area contributed by atoms with Gasteiger partial charge in [0.1, 0.15) is 35.7 Å². The van der Waals surface area contributed by atoms with Gasteiger partial charge in [0.2, 0.25) is 0 Å². The SMILES string of the molecule is CC(COCC#CCOc1c(Cl)cc(OCC=C(Cl)Cl)cc1Cl)=NOC(C)(C)C. The van der Waals surface area contributed by atoms with E-state index in [-0.39, 0.29) is 29.9 Å². The topological polar surface area (TPSA) is 49.3 Å². The van der Waals surface area contributed by atoms with Gasteiger partial charge in [-0.3, -0.25) is 0 Å². The molecule has 1 rings (SSSR count). The minimum Gasteiger partial charge on any atom is -0.489 e. The van der Waals surface area contributed by atoms with Gasteiger partial charge in [-0.2, -0.15) is 0 Å². The van der Waals surface area contributed by atoms with E-state index in [4.69, 9.17) is 65.5 Å². The lowest BCUT2D eigenvalue weighted by Gasteiger charge is -2.15. The summed E-state index contributed by atoms with van der Waals surface area (Å²) < 4.78 is 16.5. The number of oxime groups is 1. The van der Waals surface area contributed by atoms with Crippen molar-refractivity contribution in [2.24, 2.45) is 5.16 Å². The molecule has 1 aromatic carbocycles. The molecule has 0 bridgehead atoms. The van der Waals surface area contributed by atoms with Crippen LogP contribution in [0.2, 0.25) is 10.0 Å². The van der Waals surface area contributed by atoms with Crippen LogP contribution in [0, 0.1) is 11.8 Å². The number of rotatable bonds is 9. The second-order valence-electron chi connectivity index (χ2n) is 6.69. The van der Waals surface area contributed by atoms with Gasteiger partial charge >= 0.3 is 0 Å². The van der Waals surface area contributed by atoms with Crippen LogP contribution >= 0.6 is 46.4 Å². The Morgan fingerprint density at radius 2 is 1.69 bits per heavy atom. The van der Waals surface area contributed by atoms with E-state index in [9.17, 15) is 0 Å². The Kier molecular flexibility index (Phi) is 11.6. The quantitative estimate of drug-likeness (QED) is 0.180. The molecule has 29 heavy (non-hydrogen) atoms.